The topological polar surface area (TPSA) is 166 Å². The number of thioether (sulfide) groups is 1. The summed E-state index contributed by atoms with van der Waals surface area (Å²) in [7, 11) is 0. The largest absolute Gasteiger partial charge is 0.480 e. The van der Waals surface area contributed by atoms with Crippen LogP contribution in [0.5, 0.6) is 0 Å². The zero-order valence-electron chi connectivity index (χ0n) is 19.6. The molecule has 34 heavy (non-hydrogen) atoms. The van der Waals surface area contributed by atoms with Crippen LogP contribution in [0.4, 0.5) is 0 Å². The highest BCUT2D eigenvalue weighted by Crippen LogP contribution is 2.19. The Hall–Kier alpha value is -3.05. The summed E-state index contributed by atoms with van der Waals surface area (Å²) in [5, 5.41) is 18.1. The fourth-order valence-electron chi connectivity index (χ4n) is 3.42. The second-order valence-corrected chi connectivity index (χ2v) is 9.34. The van der Waals surface area contributed by atoms with E-state index in [9.17, 15) is 24.3 Å². The van der Waals surface area contributed by atoms with Gasteiger partial charge in [0, 0.05) is 23.5 Å². The molecule has 3 unspecified atom stereocenters. The summed E-state index contributed by atoms with van der Waals surface area (Å²) in [6.45, 7) is 3.13. The SMILES string of the molecule is CSCCC(N)C(=O)NCC(=O)NC(C(=O)NC(Cc1c[nH]c2ccccc12)C(=O)O)C(C)C. The van der Waals surface area contributed by atoms with Crippen molar-refractivity contribution in [3.63, 3.8) is 0 Å². The van der Waals surface area contributed by atoms with Gasteiger partial charge in [0.05, 0.1) is 12.6 Å². The van der Waals surface area contributed by atoms with E-state index in [-0.39, 0.29) is 18.9 Å². The summed E-state index contributed by atoms with van der Waals surface area (Å²) in [4.78, 5) is 52.2. The van der Waals surface area contributed by atoms with Crippen LogP contribution in [-0.4, -0.2) is 70.5 Å². The molecule has 0 saturated carbocycles. The molecular weight excluding hydrogens is 458 g/mol. The molecule has 2 rings (SSSR count). The molecule has 0 radical (unpaired) electrons. The molecule has 0 spiro atoms. The Morgan fingerprint density at radius 2 is 1.82 bits per heavy atom. The molecule has 0 aliphatic rings. The maximum absolute atomic E-state index is 12.9. The second-order valence-electron chi connectivity index (χ2n) is 8.36. The van der Waals surface area contributed by atoms with Gasteiger partial charge in [-0.15, -0.1) is 0 Å². The van der Waals surface area contributed by atoms with Gasteiger partial charge >= 0.3 is 5.97 Å². The van der Waals surface area contributed by atoms with Crippen LogP contribution in [-0.2, 0) is 25.6 Å². The molecule has 11 heteroatoms. The first-order valence-electron chi connectivity index (χ1n) is 11.0. The quantitative estimate of drug-likeness (QED) is 0.239. The number of benzene rings is 1. The van der Waals surface area contributed by atoms with Crippen molar-refractivity contribution in [1.29, 1.82) is 0 Å². The van der Waals surface area contributed by atoms with E-state index in [0.29, 0.717) is 6.42 Å². The summed E-state index contributed by atoms with van der Waals surface area (Å²) in [6, 6.07) is 4.61. The molecule has 1 aromatic carbocycles. The van der Waals surface area contributed by atoms with E-state index in [2.05, 4.69) is 20.9 Å². The number of para-hydroxylation sites is 1. The van der Waals surface area contributed by atoms with Crippen LogP contribution >= 0.6 is 11.8 Å². The second kappa shape index (κ2) is 13.0. The van der Waals surface area contributed by atoms with Gasteiger partial charge < -0.3 is 31.8 Å². The monoisotopic (exact) mass is 491 g/mol. The highest BCUT2D eigenvalue weighted by atomic mass is 32.2. The number of carboxylic acids is 1. The lowest BCUT2D eigenvalue weighted by Crippen LogP contribution is -2.55. The van der Waals surface area contributed by atoms with E-state index in [1.54, 1.807) is 31.8 Å². The molecule has 2 aromatic rings. The number of nitrogens with two attached hydrogens (primary N) is 1. The highest BCUT2D eigenvalue weighted by molar-refractivity contribution is 7.98. The molecule has 10 nitrogen and oxygen atoms in total. The standard InChI is InChI=1S/C23H33N5O5S/c1-13(2)20(28-19(29)12-26-21(30)16(24)8-9-34-3)22(31)27-18(23(32)33)10-14-11-25-17-7-5-4-6-15(14)17/h4-7,11,13,16,18,20,25H,8-10,12,24H2,1-3H3,(H,26,30)(H,27,31)(H,28,29)(H,32,33). The van der Waals surface area contributed by atoms with Gasteiger partial charge in [-0.2, -0.15) is 11.8 Å². The molecule has 3 atom stereocenters. The number of hydrogen-bond acceptors (Lipinski definition) is 6. The molecule has 0 aliphatic heterocycles. The minimum Gasteiger partial charge on any atom is -0.480 e. The van der Waals surface area contributed by atoms with Crippen molar-refractivity contribution >= 4 is 46.4 Å². The van der Waals surface area contributed by atoms with E-state index < -0.39 is 41.8 Å². The molecule has 0 saturated heterocycles. The van der Waals surface area contributed by atoms with Crippen molar-refractivity contribution in [2.45, 2.75) is 44.8 Å². The maximum atomic E-state index is 12.9. The molecular formula is C23H33N5O5S. The third kappa shape index (κ3) is 7.77. The van der Waals surface area contributed by atoms with Crippen LogP contribution in [0.25, 0.3) is 10.9 Å². The molecule has 0 aliphatic carbocycles. The van der Waals surface area contributed by atoms with E-state index >= 15 is 0 Å². The maximum Gasteiger partial charge on any atom is 0.326 e. The van der Waals surface area contributed by atoms with Crippen molar-refractivity contribution in [3.05, 3.63) is 36.0 Å². The Morgan fingerprint density at radius 1 is 1.12 bits per heavy atom. The first-order chi connectivity index (χ1) is 16.1. The van der Waals surface area contributed by atoms with Crippen molar-refractivity contribution < 1.29 is 24.3 Å². The fraction of sp³-hybridized carbons (Fsp3) is 0.478. The van der Waals surface area contributed by atoms with E-state index in [4.69, 9.17) is 5.73 Å². The van der Waals surface area contributed by atoms with Crippen molar-refractivity contribution in [2.24, 2.45) is 11.7 Å². The molecule has 1 heterocycles. The number of carbonyl (C=O) groups excluding carboxylic acids is 3. The molecule has 0 bridgehead atoms. The summed E-state index contributed by atoms with van der Waals surface area (Å²) in [5.41, 5.74) is 7.41. The first kappa shape index (κ1) is 27.2. The molecule has 1 aromatic heterocycles. The number of carbonyl (C=O) groups is 4. The number of amides is 3. The van der Waals surface area contributed by atoms with E-state index in [0.717, 1.165) is 22.2 Å². The third-order valence-electron chi connectivity index (χ3n) is 5.37. The van der Waals surface area contributed by atoms with Gasteiger partial charge in [-0.1, -0.05) is 32.0 Å². The van der Waals surface area contributed by atoms with Crippen LogP contribution in [0.3, 0.4) is 0 Å². The normalized spacial score (nSPS) is 13.8. The first-order valence-corrected chi connectivity index (χ1v) is 12.4. The van der Waals surface area contributed by atoms with Crippen LogP contribution in [0.2, 0.25) is 0 Å². The molecule has 7 N–H and O–H groups in total. The summed E-state index contributed by atoms with van der Waals surface area (Å²) >= 11 is 1.57. The van der Waals surface area contributed by atoms with Gasteiger partial charge in [0.2, 0.25) is 17.7 Å². The number of hydrogen-bond donors (Lipinski definition) is 6. The van der Waals surface area contributed by atoms with Crippen molar-refractivity contribution in [3.8, 4) is 0 Å². The number of rotatable bonds is 13. The summed E-state index contributed by atoms with van der Waals surface area (Å²) in [5.74, 6) is -2.40. The van der Waals surface area contributed by atoms with E-state index in [1.807, 2.05) is 30.5 Å². The average Bonchev–Trinajstić information content (AvgIpc) is 3.21. The third-order valence-corrected chi connectivity index (χ3v) is 6.02. The number of H-pyrrole nitrogens is 1. The highest BCUT2D eigenvalue weighted by Gasteiger charge is 2.29. The smallest absolute Gasteiger partial charge is 0.326 e. The van der Waals surface area contributed by atoms with Crippen molar-refractivity contribution in [2.75, 3.05) is 18.6 Å². The minimum atomic E-state index is -1.18. The number of aromatic nitrogens is 1. The van der Waals surface area contributed by atoms with Gasteiger partial charge in [0.25, 0.3) is 0 Å². The van der Waals surface area contributed by atoms with Gasteiger partial charge in [-0.05, 0) is 36.0 Å². The fourth-order valence-corrected chi connectivity index (χ4v) is 3.91. The summed E-state index contributed by atoms with van der Waals surface area (Å²) in [6.07, 6.45) is 4.19. The Labute approximate surface area is 202 Å². The van der Waals surface area contributed by atoms with Crippen LogP contribution in [0, 0.1) is 5.92 Å². The van der Waals surface area contributed by atoms with Crippen LogP contribution in [0.15, 0.2) is 30.5 Å². The zero-order chi connectivity index (χ0) is 25.3. The lowest BCUT2D eigenvalue weighted by atomic mass is 10.0. The lowest BCUT2D eigenvalue weighted by Gasteiger charge is -2.24. The molecule has 186 valence electrons. The molecule has 3 amide bonds. The van der Waals surface area contributed by atoms with Gasteiger partial charge in [0.15, 0.2) is 0 Å². The number of aliphatic carboxylic acids is 1. The van der Waals surface area contributed by atoms with E-state index in [1.165, 1.54) is 0 Å². The Morgan fingerprint density at radius 3 is 2.47 bits per heavy atom. The minimum absolute atomic E-state index is 0.0772. The van der Waals surface area contributed by atoms with Gasteiger partial charge in [0.1, 0.15) is 12.1 Å². The van der Waals surface area contributed by atoms with Gasteiger partial charge in [-0.3, -0.25) is 14.4 Å². The average molecular weight is 492 g/mol. The predicted molar refractivity (Wildman–Crippen MR) is 132 cm³/mol. The van der Waals surface area contributed by atoms with Crippen molar-refractivity contribution in [1.82, 2.24) is 20.9 Å². The Balaban J connectivity index is 1.98. The zero-order valence-corrected chi connectivity index (χ0v) is 20.4. The van der Waals surface area contributed by atoms with Crippen LogP contribution < -0.4 is 21.7 Å². The number of carboxylic acid groups (broad SMARTS) is 1. The lowest BCUT2D eigenvalue weighted by molar-refractivity contribution is -0.142. The Kier molecular flexibility index (Phi) is 10.4. The number of aromatic amines is 1. The van der Waals surface area contributed by atoms with Gasteiger partial charge in [-0.25, -0.2) is 4.79 Å². The predicted octanol–water partition coefficient (Wildman–Crippen LogP) is 0.617. The summed E-state index contributed by atoms with van der Waals surface area (Å²) < 4.78 is 0. The number of nitrogens with one attached hydrogen (secondary N) is 4. The molecule has 0 fully saturated rings. The number of fused-ring (bicyclic) bond motifs is 1. The van der Waals surface area contributed by atoms with Crippen LogP contribution in [0.1, 0.15) is 25.8 Å². The Bertz CT molecular complexity index is 1010.